The lowest BCUT2D eigenvalue weighted by Gasteiger charge is -2.46. The zero-order valence-corrected chi connectivity index (χ0v) is 19.3. The number of halogens is 1. The molecule has 0 atom stereocenters. The molecule has 0 aliphatic carbocycles. The lowest BCUT2D eigenvalue weighted by atomic mass is 9.80. The normalized spacial score (nSPS) is 17.9. The van der Waals surface area contributed by atoms with Crippen molar-refractivity contribution in [3.63, 3.8) is 0 Å². The largest absolute Gasteiger partial charge is 0.507 e. The van der Waals surface area contributed by atoms with Gasteiger partial charge in [-0.1, -0.05) is 11.3 Å². The maximum absolute atomic E-state index is 10.6. The lowest BCUT2D eigenvalue weighted by molar-refractivity contribution is 0.127. The molecule has 3 aromatic heterocycles. The van der Waals surface area contributed by atoms with Crippen molar-refractivity contribution < 1.29 is 5.11 Å². The molecular weight excluding hydrogens is 428 g/mol. The molecule has 4 heterocycles. The molecule has 1 aliphatic heterocycles. The van der Waals surface area contributed by atoms with E-state index in [1.807, 2.05) is 22.9 Å². The Bertz CT molecular complexity index is 1230. The van der Waals surface area contributed by atoms with Gasteiger partial charge in [-0.25, -0.2) is 4.68 Å². The van der Waals surface area contributed by atoms with Crippen LogP contribution in [0.2, 0.25) is 0 Å². The molecule has 0 unspecified atom stereocenters. The summed E-state index contributed by atoms with van der Waals surface area (Å²) in [5, 5.41) is 38.6. The van der Waals surface area contributed by atoms with Crippen molar-refractivity contribution in [2.45, 2.75) is 57.7 Å². The number of piperidine rings is 1. The van der Waals surface area contributed by atoms with Crippen molar-refractivity contribution in [3.05, 3.63) is 36.7 Å². The molecule has 9 nitrogen and oxygen atoms in total. The smallest absolute Gasteiger partial charge is 0.201 e. The highest BCUT2D eigenvalue weighted by atomic mass is 35.5. The average Bonchev–Trinajstić information content (AvgIpc) is 3.35. The summed E-state index contributed by atoms with van der Waals surface area (Å²) in [7, 11) is 0. The van der Waals surface area contributed by atoms with E-state index in [-0.39, 0.29) is 35.3 Å². The second kappa shape index (κ2) is 7.83. The number of aromatic amines is 1. The summed E-state index contributed by atoms with van der Waals surface area (Å²) in [5.74, 6) is 0.126. The van der Waals surface area contributed by atoms with E-state index in [0.29, 0.717) is 22.4 Å². The standard InChI is InChI=1S/C22H26N8O.ClH/c1-21(2)9-15(10-22(3,4)28-21)30-20-18(26-29-30)8-17(25-27-20)16-6-5-13(7-19(16)31)14-11-23-24-12-14;/h5-8,11-12,15,28,31H,9-10H2,1-4H3,(H,23,24);1H. The number of hydrogen-bond acceptors (Lipinski definition) is 7. The van der Waals surface area contributed by atoms with Gasteiger partial charge in [-0.05, 0) is 64.3 Å². The molecule has 0 amide bonds. The third-order valence-electron chi connectivity index (χ3n) is 5.84. The Labute approximate surface area is 192 Å². The lowest BCUT2D eigenvalue weighted by Crippen LogP contribution is -2.58. The Morgan fingerprint density at radius 2 is 1.75 bits per heavy atom. The van der Waals surface area contributed by atoms with Crippen LogP contribution in [-0.2, 0) is 0 Å². The van der Waals surface area contributed by atoms with E-state index in [4.69, 9.17) is 0 Å². The number of nitrogens with one attached hydrogen (secondary N) is 2. The van der Waals surface area contributed by atoms with Crippen molar-refractivity contribution >= 4 is 23.6 Å². The van der Waals surface area contributed by atoms with Gasteiger partial charge in [-0.15, -0.1) is 27.7 Å². The number of fused-ring (bicyclic) bond motifs is 1. The molecule has 4 aromatic rings. The highest BCUT2D eigenvalue weighted by molar-refractivity contribution is 5.85. The molecular formula is C22H27ClN8O. The van der Waals surface area contributed by atoms with Gasteiger partial charge in [0.2, 0.25) is 5.65 Å². The fourth-order valence-corrected chi connectivity index (χ4v) is 4.91. The van der Waals surface area contributed by atoms with E-state index in [0.717, 1.165) is 24.0 Å². The van der Waals surface area contributed by atoms with Gasteiger partial charge < -0.3 is 10.4 Å². The van der Waals surface area contributed by atoms with Gasteiger partial charge in [0.25, 0.3) is 0 Å². The molecule has 0 bridgehead atoms. The van der Waals surface area contributed by atoms with Gasteiger partial charge in [-0.2, -0.15) is 5.10 Å². The molecule has 3 N–H and O–H groups in total. The van der Waals surface area contributed by atoms with Crippen LogP contribution in [0.25, 0.3) is 33.5 Å². The molecule has 32 heavy (non-hydrogen) atoms. The molecule has 1 aliphatic rings. The third-order valence-corrected chi connectivity index (χ3v) is 5.84. The Morgan fingerprint density at radius 1 is 1.00 bits per heavy atom. The van der Waals surface area contributed by atoms with Crippen LogP contribution in [0.15, 0.2) is 36.7 Å². The quantitative estimate of drug-likeness (QED) is 0.429. The van der Waals surface area contributed by atoms with Crippen LogP contribution in [0, 0.1) is 0 Å². The number of benzene rings is 1. The van der Waals surface area contributed by atoms with Crippen molar-refractivity contribution in [2.75, 3.05) is 0 Å². The van der Waals surface area contributed by atoms with E-state index in [1.165, 1.54) is 0 Å². The molecule has 1 fully saturated rings. The first-order valence-electron chi connectivity index (χ1n) is 10.4. The fourth-order valence-electron chi connectivity index (χ4n) is 4.91. The van der Waals surface area contributed by atoms with Crippen LogP contribution >= 0.6 is 12.4 Å². The van der Waals surface area contributed by atoms with Crippen LogP contribution < -0.4 is 5.32 Å². The predicted octanol–water partition coefficient (Wildman–Crippen LogP) is 3.89. The van der Waals surface area contributed by atoms with E-state index < -0.39 is 0 Å². The number of phenols is 1. The van der Waals surface area contributed by atoms with Gasteiger partial charge in [0.1, 0.15) is 11.3 Å². The van der Waals surface area contributed by atoms with Crippen LogP contribution in [0.4, 0.5) is 0 Å². The minimum absolute atomic E-state index is 0. The maximum atomic E-state index is 10.6. The van der Waals surface area contributed by atoms with E-state index in [1.54, 1.807) is 18.5 Å². The van der Waals surface area contributed by atoms with Crippen LogP contribution in [0.3, 0.4) is 0 Å². The molecule has 168 valence electrons. The Balaban J connectivity index is 0.00000245. The van der Waals surface area contributed by atoms with E-state index in [9.17, 15) is 5.11 Å². The molecule has 0 spiro atoms. The van der Waals surface area contributed by atoms with Crippen molar-refractivity contribution in [2.24, 2.45) is 0 Å². The molecule has 1 saturated heterocycles. The van der Waals surface area contributed by atoms with Gasteiger partial charge in [0.15, 0.2) is 0 Å². The minimum atomic E-state index is -0.0133. The van der Waals surface area contributed by atoms with Crippen molar-refractivity contribution in [1.29, 1.82) is 0 Å². The van der Waals surface area contributed by atoms with Crippen LogP contribution in [0.1, 0.15) is 46.6 Å². The van der Waals surface area contributed by atoms with Gasteiger partial charge >= 0.3 is 0 Å². The number of H-pyrrole nitrogens is 1. The third kappa shape index (κ3) is 4.05. The first-order valence-corrected chi connectivity index (χ1v) is 10.4. The SMILES string of the molecule is CC1(C)CC(n2nnc3cc(-c4ccc(-c5cn[nH]c5)cc4O)nnc32)CC(C)(C)N1.Cl. The molecule has 0 radical (unpaired) electrons. The molecule has 10 heteroatoms. The molecule has 0 saturated carbocycles. The number of hydrogen-bond donors (Lipinski definition) is 3. The molecule has 5 rings (SSSR count). The summed E-state index contributed by atoms with van der Waals surface area (Å²) in [6.07, 6.45) is 5.34. The second-order valence-electron chi connectivity index (χ2n) is 9.65. The van der Waals surface area contributed by atoms with E-state index >= 15 is 0 Å². The summed E-state index contributed by atoms with van der Waals surface area (Å²) in [4.78, 5) is 0. The first kappa shape index (κ1) is 22.2. The Hall–Kier alpha value is -3.04. The number of phenolic OH excluding ortho intramolecular Hbond substituents is 1. The van der Waals surface area contributed by atoms with Crippen LogP contribution in [0.5, 0.6) is 5.75 Å². The van der Waals surface area contributed by atoms with E-state index in [2.05, 4.69) is 63.7 Å². The molecule has 1 aromatic carbocycles. The summed E-state index contributed by atoms with van der Waals surface area (Å²) in [5.41, 5.74) is 4.22. The monoisotopic (exact) mass is 454 g/mol. The van der Waals surface area contributed by atoms with Gasteiger partial charge in [0.05, 0.1) is 17.9 Å². The number of aromatic hydroxyl groups is 1. The van der Waals surface area contributed by atoms with Crippen molar-refractivity contribution in [1.82, 2.24) is 40.7 Å². The summed E-state index contributed by atoms with van der Waals surface area (Å²) in [6, 6.07) is 7.45. The Kier molecular flexibility index (Phi) is 5.42. The van der Waals surface area contributed by atoms with Gasteiger partial charge in [0, 0.05) is 28.4 Å². The summed E-state index contributed by atoms with van der Waals surface area (Å²) >= 11 is 0. The highest BCUT2D eigenvalue weighted by Gasteiger charge is 2.39. The topological polar surface area (TPSA) is 117 Å². The number of aromatic nitrogens is 7. The highest BCUT2D eigenvalue weighted by Crippen LogP contribution is 2.37. The fraction of sp³-hybridized carbons (Fsp3) is 0.409. The zero-order valence-electron chi connectivity index (χ0n) is 18.5. The minimum Gasteiger partial charge on any atom is -0.507 e. The zero-order chi connectivity index (χ0) is 21.8. The predicted molar refractivity (Wildman–Crippen MR) is 125 cm³/mol. The number of nitrogens with zero attached hydrogens (tertiary/aromatic N) is 6. The number of rotatable bonds is 3. The first-order chi connectivity index (χ1) is 14.7. The summed E-state index contributed by atoms with van der Waals surface area (Å²) < 4.78 is 1.90. The van der Waals surface area contributed by atoms with Crippen LogP contribution in [-0.4, -0.2) is 51.6 Å². The average molecular weight is 455 g/mol. The Morgan fingerprint density at radius 3 is 2.41 bits per heavy atom. The summed E-state index contributed by atoms with van der Waals surface area (Å²) in [6.45, 7) is 8.83. The van der Waals surface area contributed by atoms with Gasteiger partial charge in [-0.3, -0.25) is 5.10 Å². The van der Waals surface area contributed by atoms with Crippen molar-refractivity contribution in [3.8, 4) is 28.1 Å². The maximum Gasteiger partial charge on any atom is 0.201 e. The second-order valence-corrected chi connectivity index (χ2v) is 9.65.